The second kappa shape index (κ2) is 9.70. The highest BCUT2D eigenvalue weighted by Crippen LogP contribution is 2.21. The molecule has 2 aromatic heterocycles. The number of aromatic nitrogens is 1. The van der Waals surface area contributed by atoms with Gasteiger partial charge in [-0.3, -0.25) is 4.79 Å². The molecule has 0 aliphatic carbocycles. The number of nitrogens with one attached hydrogen (secondary N) is 3. The number of hydrazine groups is 1. The van der Waals surface area contributed by atoms with Crippen molar-refractivity contribution in [2.75, 3.05) is 5.32 Å². The number of carbonyl (C=O) groups excluding carboxylic acids is 2. The number of carboxylic acid groups (broad SMARTS) is 1. The third kappa shape index (κ3) is 7.35. The van der Waals surface area contributed by atoms with Gasteiger partial charge in [-0.15, -0.1) is 22.7 Å². The molecule has 2 aromatic rings. The van der Waals surface area contributed by atoms with Crippen molar-refractivity contribution >= 4 is 45.8 Å². The zero-order valence-corrected chi connectivity index (χ0v) is 18.4. The fourth-order valence-electron chi connectivity index (χ4n) is 2.34. The third-order valence-corrected chi connectivity index (χ3v) is 5.63. The predicted octanol–water partition coefficient (Wildman–Crippen LogP) is 3.44. The van der Waals surface area contributed by atoms with E-state index in [0.29, 0.717) is 11.7 Å². The number of anilines is 1. The van der Waals surface area contributed by atoms with E-state index in [0.717, 1.165) is 33.3 Å². The first-order valence-electron chi connectivity index (χ1n) is 8.92. The smallest absolute Gasteiger partial charge is 0.426 e. The Kier molecular flexibility index (Phi) is 7.57. The van der Waals surface area contributed by atoms with Crippen LogP contribution >= 0.6 is 22.7 Å². The maximum Gasteiger partial charge on any atom is 0.426 e. The molecule has 0 fully saturated rings. The molecule has 29 heavy (non-hydrogen) atoms. The van der Waals surface area contributed by atoms with Gasteiger partial charge in [0, 0.05) is 22.1 Å². The fraction of sp³-hybridized carbons (Fsp3) is 0.444. The number of amides is 4. The molecule has 2 rings (SSSR count). The number of rotatable bonds is 6. The highest BCUT2D eigenvalue weighted by atomic mass is 32.1. The number of nitrogens with zero attached hydrogens (tertiary/aromatic N) is 2. The normalized spacial score (nSPS) is 11.0. The molecule has 4 N–H and O–H groups in total. The van der Waals surface area contributed by atoms with E-state index >= 15 is 0 Å². The van der Waals surface area contributed by atoms with E-state index in [1.807, 2.05) is 17.5 Å². The van der Waals surface area contributed by atoms with E-state index in [2.05, 4.69) is 21.0 Å². The maximum atomic E-state index is 12.0. The third-order valence-electron chi connectivity index (χ3n) is 3.68. The monoisotopic (exact) mass is 439 g/mol. The average Bonchev–Trinajstić information content (AvgIpc) is 3.23. The van der Waals surface area contributed by atoms with Crippen molar-refractivity contribution < 1.29 is 19.5 Å². The molecule has 158 valence electrons. The second-order valence-corrected chi connectivity index (χ2v) is 9.39. The second-order valence-electron chi connectivity index (χ2n) is 7.28. The van der Waals surface area contributed by atoms with Crippen LogP contribution in [0.3, 0.4) is 0 Å². The quantitative estimate of drug-likeness (QED) is 0.513. The summed E-state index contributed by atoms with van der Waals surface area (Å²) in [6, 6.07) is 3.35. The van der Waals surface area contributed by atoms with Crippen molar-refractivity contribution in [1.29, 1.82) is 0 Å². The maximum absolute atomic E-state index is 12.0. The minimum atomic E-state index is -1.23. The van der Waals surface area contributed by atoms with E-state index in [4.69, 9.17) is 0 Å². The van der Waals surface area contributed by atoms with Crippen molar-refractivity contribution in [2.24, 2.45) is 0 Å². The molecule has 0 saturated heterocycles. The first-order valence-corrected chi connectivity index (χ1v) is 10.6. The van der Waals surface area contributed by atoms with Gasteiger partial charge < -0.3 is 15.7 Å². The molecule has 0 saturated carbocycles. The van der Waals surface area contributed by atoms with Crippen LogP contribution in [-0.2, 0) is 24.2 Å². The number of hydrogen-bond donors (Lipinski definition) is 4. The van der Waals surface area contributed by atoms with Crippen molar-refractivity contribution in [3.05, 3.63) is 33.0 Å². The lowest BCUT2D eigenvalue weighted by atomic mass is 10.1. The molecule has 0 spiro atoms. The van der Waals surface area contributed by atoms with E-state index in [-0.39, 0.29) is 5.91 Å². The lowest BCUT2D eigenvalue weighted by Gasteiger charge is -2.32. The SMILES string of the molecule is CC(=O)Nc1nc(CCc2ccc(CNC(=O)NN(C(=O)O)C(C)(C)C)s2)cs1. The number of urea groups is 1. The van der Waals surface area contributed by atoms with E-state index < -0.39 is 17.7 Å². The first-order chi connectivity index (χ1) is 13.5. The molecule has 0 aromatic carbocycles. The average molecular weight is 440 g/mol. The van der Waals surface area contributed by atoms with Gasteiger partial charge in [-0.05, 0) is 45.7 Å². The topological polar surface area (TPSA) is 124 Å². The number of carbonyl (C=O) groups is 3. The Balaban J connectivity index is 1.81. The summed E-state index contributed by atoms with van der Waals surface area (Å²) in [6.45, 7) is 6.82. The number of thiophene rings is 1. The van der Waals surface area contributed by atoms with Gasteiger partial charge in [0.25, 0.3) is 0 Å². The minimum Gasteiger partial charge on any atom is -0.464 e. The van der Waals surface area contributed by atoms with Crippen LogP contribution in [0.1, 0.15) is 43.1 Å². The van der Waals surface area contributed by atoms with Gasteiger partial charge in [0.15, 0.2) is 5.13 Å². The molecule has 0 radical (unpaired) electrons. The van der Waals surface area contributed by atoms with Crippen LogP contribution in [0, 0.1) is 0 Å². The standard InChI is InChI=1S/C18H25N5O4S2/c1-11(24)20-16-21-12(10-28-16)5-6-13-7-8-14(29-13)9-19-15(25)22-23(17(26)27)18(2,3)4/h7-8,10H,5-6,9H2,1-4H3,(H,26,27)(H2,19,22,25)(H,20,21,24). The molecule has 0 unspecified atom stereocenters. The molecular formula is C18H25N5O4S2. The summed E-state index contributed by atoms with van der Waals surface area (Å²) in [5.41, 5.74) is 2.51. The summed E-state index contributed by atoms with van der Waals surface area (Å²) in [5, 5.41) is 17.9. The Morgan fingerprint density at radius 3 is 2.48 bits per heavy atom. The highest BCUT2D eigenvalue weighted by Gasteiger charge is 2.27. The number of hydrogen-bond acceptors (Lipinski definition) is 6. The van der Waals surface area contributed by atoms with Gasteiger partial charge in [-0.25, -0.2) is 25.0 Å². The Bertz CT molecular complexity index is 872. The molecule has 11 heteroatoms. The zero-order chi connectivity index (χ0) is 21.6. The Hall–Kier alpha value is -2.66. The van der Waals surface area contributed by atoms with Gasteiger partial charge in [0.2, 0.25) is 5.91 Å². The Morgan fingerprint density at radius 1 is 1.17 bits per heavy atom. The summed E-state index contributed by atoms with van der Waals surface area (Å²) < 4.78 is 0. The number of aryl methyl sites for hydroxylation is 2. The molecule has 0 atom stereocenters. The summed E-state index contributed by atoms with van der Waals surface area (Å²) in [6.07, 6.45) is 0.329. The van der Waals surface area contributed by atoms with Crippen molar-refractivity contribution in [2.45, 2.75) is 52.6 Å². The van der Waals surface area contributed by atoms with Crippen LogP contribution in [0.25, 0.3) is 0 Å². The van der Waals surface area contributed by atoms with Crippen LogP contribution in [0.4, 0.5) is 14.7 Å². The van der Waals surface area contributed by atoms with Crippen LogP contribution < -0.4 is 16.1 Å². The van der Waals surface area contributed by atoms with E-state index in [1.54, 1.807) is 32.1 Å². The summed E-state index contributed by atoms with van der Waals surface area (Å²) in [7, 11) is 0. The molecule has 2 heterocycles. The predicted molar refractivity (Wildman–Crippen MR) is 113 cm³/mol. The van der Waals surface area contributed by atoms with Gasteiger partial charge in [-0.2, -0.15) is 0 Å². The van der Waals surface area contributed by atoms with E-state index in [9.17, 15) is 19.5 Å². The molecule has 0 aliphatic rings. The molecule has 0 aliphatic heterocycles. The summed E-state index contributed by atoms with van der Waals surface area (Å²) >= 11 is 2.97. The van der Waals surface area contributed by atoms with Gasteiger partial charge in [-0.1, -0.05) is 0 Å². The van der Waals surface area contributed by atoms with Crippen molar-refractivity contribution in [1.82, 2.24) is 20.7 Å². The van der Waals surface area contributed by atoms with Crippen LogP contribution in [-0.4, -0.2) is 38.7 Å². The molecule has 0 bridgehead atoms. The Morgan fingerprint density at radius 2 is 1.86 bits per heavy atom. The van der Waals surface area contributed by atoms with Crippen molar-refractivity contribution in [3.8, 4) is 0 Å². The van der Waals surface area contributed by atoms with Gasteiger partial charge in [0.1, 0.15) is 0 Å². The van der Waals surface area contributed by atoms with Crippen molar-refractivity contribution in [3.63, 3.8) is 0 Å². The van der Waals surface area contributed by atoms with Crippen LogP contribution in [0.15, 0.2) is 17.5 Å². The molecule has 4 amide bonds. The van der Waals surface area contributed by atoms with Crippen LogP contribution in [0.5, 0.6) is 0 Å². The van der Waals surface area contributed by atoms with Crippen LogP contribution in [0.2, 0.25) is 0 Å². The number of thiazole rings is 1. The lowest BCUT2D eigenvalue weighted by Crippen LogP contribution is -2.57. The largest absolute Gasteiger partial charge is 0.464 e. The highest BCUT2D eigenvalue weighted by molar-refractivity contribution is 7.14. The Labute approximate surface area is 177 Å². The van der Waals surface area contributed by atoms with Gasteiger partial charge in [0.05, 0.1) is 17.8 Å². The lowest BCUT2D eigenvalue weighted by molar-refractivity contribution is -0.114. The molecule has 9 nitrogen and oxygen atoms in total. The fourth-order valence-corrected chi connectivity index (χ4v) is 4.09. The molecular weight excluding hydrogens is 414 g/mol. The summed E-state index contributed by atoms with van der Waals surface area (Å²) in [5.74, 6) is -0.140. The minimum absolute atomic E-state index is 0.140. The van der Waals surface area contributed by atoms with Gasteiger partial charge >= 0.3 is 12.1 Å². The first kappa shape index (κ1) is 22.6. The summed E-state index contributed by atoms with van der Waals surface area (Å²) in [4.78, 5) is 40.8. The van der Waals surface area contributed by atoms with E-state index in [1.165, 1.54) is 18.3 Å². The zero-order valence-electron chi connectivity index (χ0n) is 16.7.